The lowest BCUT2D eigenvalue weighted by Gasteiger charge is -2.03. The van der Waals surface area contributed by atoms with Crippen molar-refractivity contribution in [3.8, 4) is 9.75 Å². The monoisotopic (exact) mass is 480 g/mol. The van der Waals surface area contributed by atoms with Crippen molar-refractivity contribution in [1.82, 2.24) is 9.80 Å². The first-order chi connectivity index (χ1) is 13.3. The summed E-state index contributed by atoms with van der Waals surface area (Å²) in [5.41, 5.74) is 0. The van der Waals surface area contributed by atoms with Gasteiger partial charge in [0.1, 0.15) is 8.64 Å². The molecular weight excluding hydrogens is 469 g/mol. The smallest absolute Gasteiger partial charge is 0.265 e. The van der Waals surface area contributed by atoms with Gasteiger partial charge in [-0.3, -0.25) is 19.4 Å². The summed E-state index contributed by atoms with van der Waals surface area (Å²) >= 11 is 16.2. The first-order valence-electron chi connectivity index (χ1n) is 7.96. The summed E-state index contributed by atoms with van der Waals surface area (Å²) in [7, 11) is 3.38. The molecule has 0 aromatic carbocycles. The molecule has 2 saturated heterocycles. The fourth-order valence-electron chi connectivity index (χ4n) is 2.48. The molecule has 0 bridgehead atoms. The zero-order valence-electron chi connectivity index (χ0n) is 14.6. The standard InChI is InChI=1S/C18H12N2O2S6/c1-19-15(21)13(27-17(19)23)7-9-3-5-11(25-9)12-6-4-10(26-12)8-14-16(22)20(2)18(24)28-14/h3-8H,1-2H3/b13-7-,14-8-. The summed E-state index contributed by atoms with van der Waals surface area (Å²) in [4.78, 5) is 32.8. The van der Waals surface area contributed by atoms with Crippen molar-refractivity contribution < 1.29 is 9.59 Å². The Kier molecular flexibility index (Phi) is 5.60. The predicted octanol–water partition coefficient (Wildman–Crippen LogP) is 5.14. The molecule has 10 heteroatoms. The molecule has 2 fully saturated rings. The van der Waals surface area contributed by atoms with Crippen LogP contribution in [0.2, 0.25) is 0 Å². The molecule has 0 radical (unpaired) electrons. The van der Waals surface area contributed by atoms with E-state index in [0.717, 1.165) is 19.5 Å². The van der Waals surface area contributed by atoms with E-state index in [0.29, 0.717) is 18.5 Å². The Morgan fingerprint density at radius 2 is 1.14 bits per heavy atom. The van der Waals surface area contributed by atoms with Crippen LogP contribution in [0.15, 0.2) is 34.1 Å². The van der Waals surface area contributed by atoms with Crippen LogP contribution in [0.4, 0.5) is 0 Å². The van der Waals surface area contributed by atoms with E-state index in [4.69, 9.17) is 24.4 Å². The van der Waals surface area contributed by atoms with Crippen LogP contribution in [0.1, 0.15) is 9.75 Å². The maximum atomic E-state index is 12.1. The number of thiocarbonyl (C=S) groups is 2. The second kappa shape index (κ2) is 7.85. The number of thiophene rings is 2. The molecule has 0 aliphatic carbocycles. The van der Waals surface area contributed by atoms with Crippen LogP contribution in [-0.2, 0) is 9.59 Å². The Bertz CT molecular complexity index is 1010. The molecule has 4 rings (SSSR count). The third-order valence-corrected chi connectivity index (χ3v) is 9.25. The molecule has 4 heterocycles. The zero-order valence-corrected chi connectivity index (χ0v) is 19.5. The lowest BCUT2D eigenvalue weighted by atomic mass is 10.3. The van der Waals surface area contributed by atoms with E-state index < -0.39 is 0 Å². The van der Waals surface area contributed by atoms with Gasteiger partial charge in [0.25, 0.3) is 11.8 Å². The number of hydrogen-bond donors (Lipinski definition) is 0. The van der Waals surface area contributed by atoms with Crippen molar-refractivity contribution in [3.63, 3.8) is 0 Å². The van der Waals surface area contributed by atoms with E-state index in [2.05, 4.69) is 0 Å². The normalized spacial score (nSPS) is 20.5. The van der Waals surface area contributed by atoms with Crippen molar-refractivity contribution in [2.24, 2.45) is 0 Å². The highest BCUT2D eigenvalue weighted by Crippen LogP contribution is 2.39. The second-order valence-electron chi connectivity index (χ2n) is 5.89. The Morgan fingerprint density at radius 3 is 1.46 bits per heavy atom. The third kappa shape index (κ3) is 3.77. The number of nitrogens with zero attached hydrogens (tertiary/aromatic N) is 2. The number of carbonyl (C=O) groups excluding carboxylic acids is 2. The van der Waals surface area contributed by atoms with Crippen LogP contribution in [0.3, 0.4) is 0 Å². The summed E-state index contributed by atoms with van der Waals surface area (Å²) in [6.07, 6.45) is 3.77. The molecule has 4 nitrogen and oxygen atoms in total. The topological polar surface area (TPSA) is 40.6 Å². The Hall–Kier alpha value is -1.30. The Labute approximate surface area is 189 Å². The van der Waals surface area contributed by atoms with Gasteiger partial charge >= 0.3 is 0 Å². The Morgan fingerprint density at radius 1 is 0.750 bits per heavy atom. The fraction of sp³-hybridized carbons (Fsp3) is 0.111. The lowest BCUT2D eigenvalue weighted by Crippen LogP contribution is -2.22. The molecule has 0 N–H and O–H groups in total. The summed E-state index contributed by atoms with van der Waals surface area (Å²) < 4.78 is 1.15. The molecule has 28 heavy (non-hydrogen) atoms. The van der Waals surface area contributed by atoms with E-state index >= 15 is 0 Å². The van der Waals surface area contributed by atoms with E-state index in [9.17, 15) is 9.59 Å². The molecular formula is C18H12N2O2S6. The molecule has 0 spiro atoms. The van der Waals surface area contributed by atoms with E-state index in [1.54, 1.807) is 36.8 Å². The molecule has 142 valence electrons. The van der Waals surface area contributed by atoms with Crippen LogP contribution in [-0.4, -0.2) is 44.4 Å². The molecule has 2 aromatic rings. The van der Waals surface area contributed by atoms with E-state index in [1.807, 2.05) is 36.4 Å². The molecule has 0 saturated carbocycles. The average Bonchev–Trinajstić information content (AvgIpc) is 3.41. The van der Waals surface area contributed by atoms with Gasteiger partial charge in [-0.25, -0.2) is 0 Å². The molecule has 2 aromatic heterocycles. The van der Waals surface area contributed by atoms with Crippen LogP contribution in [0.5, 0.6) is 0 Å². The van der Waals surface area contributed by atoms with Crippen LogP contribution >= 0.6 is 70.6 Å². The quantitative estimate of drug-likeness (QED) is 0.448. The first kappa shape index (κ1) is 20.0. The van der Waals surface area contributed by atoms with E-state index in [-0.39, 0.29) is 11.8 Å². The number of likely N-dealkylation sites (N-methyl/N-ethyl adjacent to an activating group) is 2. The fourth-order valence-corrected chi connectivity index (χ4v) is 6.96. The van der Waals surface area contributed by atoms with Crippen molar-refractivity contribution in [3.05, 3.63) is 43.8 Å². The van der Waals surface area contributed by atoms with Gasteiger partial charge in [-0.05, 0) is 36.4 Å². The SMILES string of the molecule is CN1C(=O)/C(=C/c2ccc(-c3ccc(/C=C4\SC(=S)N(C)C4=O)s3)s2)SC1=S. The third-order valence-electron chi connectivity index (χ3n) is 4.02. The number of thioether (sulfide) groups is 2. The predicted molar refractivity (Wildman–Crippen MR) is 130 cm³/mol. The van der Waals surface area contributed by atoms with Gasteiger partial charge in [0.05, 0.1) is 9.81 Å². The second-order valence-corrected chi connectivity index (χ2v) is 11.5. The number of carbonyl (C=O) groups is 2. The van der Waals surface area contributed by atoms with Gasteiger partial charge in [0.2, 0.25) is 0 Å². The highest BCUT2D eigenvalue weighted by molar-refractivity contribution is 8.27. The van der Waals surface area contributed by atoms with Crippen molar-refractivity contribution >= 4 is 103 Å². The van der Waals surface area contributed by atoms with E-state index in [1.165, 1.54) is 33.3 Å². The van der Waals surface area contributed by atoms with Crippen molar-refractivity contribution in [2.75, 3.05) is 14.1 Å². The van der Waals surface area contributed by atoms with Gasteiger partial charge in [-0.1, -0.05) is 48.0 Å². The summed E-state index contributed by atoms with van der Waals surface area (Å²) in [6.45, 7) is 0. The summed E-state index contributed by atoms with van der Waals surface area (Å²) in [5, 5.41) is 0. The minimum Gasteiger partial charge on any atom is -0.296 e. The van der Waals surface area contributed by atoms with Gasteiger partial charge in [0.15, 0.2) is 0 Å². The van der Waals surface area contributed by atoms with Crippen molar-refractivity contribution in [2.45, 2.75) is 0 Å². The highest BCUT2D eigenvalue weighted by Gasteiger charge is 2.29. The zero-order chi connectivity index (χ0) is 20.0. The largest absolute Gasteiger partial charge is 0.296 e. The Balaban J connectivity index is 1.55. The number of rotatable bonds is 3. The molecule has 0 unspecified atom stereocenters. The minimum absolute atomic E-state index is 0.0587. The van der Waals surface area contributed by atoms with Gasteiger partial charge in [0, 0.05) is 33.6 Å². The van der Waals surface area contributed by atoms with Crippen molar-refractivity contribution in [1.29, 1.82) is 0 Å². The summed E-state index contributed by atoms with van der Waals surface area (Å²) in [6, 6.07) is 8.10. The molecule has 0 atom stereocenters. The number of hydrogen-bond acceptors (Lipinski definition) is 8. The number of amides is 2. The van der Waals surface area contributed by atoms with Gasteiger partial charge < -0.3 is 0 Å². The summed E-state index contributed by atoms with van der Waals surface area (Å²) in [5.74, 6) is -0.117. The first-order valence-corrected chi connectivity index (χ1v) is 12.0. The minimum atomic E-state index is -0.0587. The average molecular weight is 481 g/mol. The van der Waals surface area contributed by atoms with Gasteiger partial charge in [-0.15, -0.1) is 22.7 Å². The van der Waals surface area contributed by atoms with Gasteiger partial charge in [-0.2, -0.15) is 0 Å². The van der Waals surface area contributed by atoms with Crippen LogP contribution in [0, 0.1) is 0 Å². The molecule has 2 aliphatic rings. The maximum Gasteiger partial charge on any atom is 0.265 e. The molecule has 2 aliphatic heterocycles. The highest BCUT2D eigenvalue weighted by atomic mass is 32.2. The van der Waals surface area contributed by atoms with Crippen LogP contribution < -0.4 is 0 Å². The molecule has 2 amide bonds. The lowest BCUT2D eigenvalue weighted by molar-refractivity contribution is -0.122. The maximum absolute atomic E-state index is 12.1. The van der Waals surface area contributed by atoms with Crippen LogP contribution in [0.25, 0.3) is 21.9 Å².